The molecule has 4 saturated carbocycles. The zero-order valence-electron chi connectivity index (χ0n) is 20.4. The summed E-state index contributed by atoms with van der Waals surface area (Å²) in [5.41, 5.74) is -1.45. The topological polar surface area (TPSA) is 131 Å². The second-order valence-electron chi connectivity index (χ2n) is 10.8. The van der Waals surface area contributed by atoms with Crippen molar-refractivity contribution in [2.45, 2.75) is 67.3 Å². The van der Waals surface area contributed by atoms with E-state index in [1.807, 2.05) is 30.3 Å². The van der Waals surface area contributed by atoms with Crippen molar-refractivity contribution in [2.24, 2.45) is 23.7 Å². The van der Waals surface area contributed by atoms with Crippen LogP contribution in [0.2, 0.25) is 0 Å². The van der Waals surface area contributed by atoms with Crippen molar-refractivity contribution in [2.75, 3.05) is 6.61 Å². The highest BCUT2D eigenvalue weighted by molar-refractivity contribution is 7.99. The number of ether oxygens (including phenoxy) is 1. The van der Waals surface area contributed by atoms with Crippen LogP contribution < -0.4 is 15.4 Å². The monoisotopic (exact) mass is 513 g/mol. The lowest BCUT2D eigenvalue weighted by Crippen LogP contribution is -2.55. The molecule has 4 aliphatic carbocycles. The number of aromatic nitrogens is 1. The summed E-state index contributed by atoms with van der Waals surface area (Å²) in [6.45, 7) is 2.29. The Morgan fingerprint density at radius 1 is 1.08 bits per heavy atom. The quantitative estimate of drug-likeness (QED) is 0.462. The molecule has 0 spiro atoms. The standard InChI is InChI=1S/C26H31N3O6S/c1-26(2,25(32)33)28-19(30)13-34-24-22(36-18-6-4-3-5-7-18)21(35-29-24)23(31)27-20-16-9-14-8-15(11-16)12-17(20)10-14/h3-7,14-17,20H,8-13H2,1-2H3,(H,27,31)(H,28,30)(H,32,33). The lowest BCUT2D eigenvalue weighted by atomic mass is 9.54. The number of amides is 2. The molecule has 1 aromatic carbocycles. The zero-order valence-corrected chi connectivity index (χ0v) is 21.2. The molecule has 9 nitrogen and oxygen atoms in total. The number of benzene rings is 1. The van der Waals surface area contributed by atoms with Crippen molar-refractivity contribution < 1.29 is 28.8 Å². The van der Waals surface area contributed by atoms with Crippen LogP contribution in [0.5, 0.6) is 5.88 Å². The summed E-state index contributed by atoms with van der Waals surface area (Å²) in [5, 5.41) is 18.8. The number of aliphatic carboxylic acids is 1. The van der Waals surface area contributed by atoms with Crippen molar-refractivity contribution in [1.82, 2.24) is 15.8 Å². The fourth-order valence-corrected chi connectivity index (χ4v) is 7.08. The Kier molecular flexibility index (Phi) is 6.72. The number of rotatable bonds is 9. The van der Waals surface area contributed by atoms with Gasteiger partial charge in [0.15, 0.2) is 6.61 Å². The van der Waals surface area contributed by atoms with Gasteiger partial charge in [-0.15, -0.1) is 0 Å². The maximum Gasteiger partial charge on any atom is 0.328 e. The molecule has 0 aliphatic heterocycles. The van der Waals surface area contributed by atoms with E-state index in [1.165, 1.54) is 57.7 Å². The zero-order chi connectivity index (χ0) is 25.4. The maximum absolute atomic E-state index is 13.4. The van der Waals surface area contributed by atoms with Crippen molar-refractivity contribution in [3.63, 3.8) is 0 Å². The van der Waals surface area contributed by atoms with Gasteiger partial charge < -0.3 is 25.0 Å². The largest absolute Gasteiger partial charge is 0.480 e. The summed E-state index contributed by atoms with van der Waals surface area (Å²) in [4.78, 5) is 38.2. The van der Waals surface area contributed by atoms with E-state index in [-0.39, 0.29) is 23.6 Å². The highest BCUT2D eigenvalue weighted by Crippen LogP contribution is 2.53. The normalized spacial score (nSPS) is 26.4. The van der Waals surface area contributed by atoms with E-state index in [0.717, 1.165) is 16.7 Å². The molecule has 2 amide bonds. The van der Waals surface area contributed by atoms with Crippen molar-refractivity contribution in [1.29, 1.82) is 0 Å². The maximum atomic E-state index is 13.4. The van der Waals surface area contributed by atoms with Crippen LogP contribution in [-0.4, -0.2) is 46.2 Å². The third-order valence-electron chi connectivity index (χ3n) is 7.64. The number of nitrogens with zero attached hydrogens (tertiary/aromatic N) is 1. The Labute approximate surface area is 213 Å². The van der Waals surface area contributed by atoms with Crippen LogP contribution in [0.4, 0.5) is 0 Å². The fourth-order valence-electron chi connectivity index (χ4n) is 6.15. The van der Waals surface area contributed by atoms with Crippen LogP contribution in [0.15, 0.2) is 44.6 Å². The summed E-state index contributed by atoms with van der Waals surface area (Å²) < 4.78 is 11.1. The Morgan fingerprint density at radius 2 is 1.72 bits per heavy atom. The van der Waals surface area contributed by atoms with Crippen LogP contribution in [0.25, 0.3) is 0 Å². The number of hydrogen-bond acceptors (Lipinski definition) is 7. The van der Waals surface area contributed by atoms with Gasteiger partial charge in [0.05, 0.1) is 0 Å². The molecule has 1 aromatic heterocycles. The summed E-state index contributed by atoms with van der Waals surface area (Å²) in [5.74, 6) is 0.568. The van der Waals surface area contributed by atoms with Gasteiger partial charge in [-0.2, -0.15) is 0 Å². The molecule has 4 bridgehead atoms. The first-order valence-electron chi connectivity index (χ1n) is 12.4. The highest BCUT2D eigenvalue weighted by Gasteiger charge is 2.49. The predicted octanol–water partition coefficient (Wildman–Crippen LogP) is 3.74. The molecule has 0 unspecified atom stereocenters. The van der Waals surface area contributed by atoms with E-state index in [4.69, 9.17) is 9.26 Å². The highest BCUT2D eigenvalue weighted by atomic mass is 32.2. The molecule has 192 valence electrons. The molecule has 2 aromatic rings. The summed E-state index contributed by atoms with van der Waals surface area (Å²) in [6.07, 6.45) is 6.05. The molecule has 3 N–H and O–H groups in total. The molecular formula is C26H31N3O6S. The van der Waals surface area contributed by atoms with E-state index in [1.54, 1.807) is 0 Å². The van der Waals surface area contributed by atoms with Crippen LogP contribution in [0, 0.1) is 23.7 Å². The third kappa shape index (κ3) is 5.09. The minimum Gasteiger partial charge on any atom is -0.480 e. The number of hydrogen-bond donors (Lipinski definition) is 3. The third-order valence-corrected chi connectivity index (χ3v) is 8.71. The summed E-state index contributed by atoms with van der Waals surface area (Å²) in [7, 11) is 0. The lowest BCUT2D eigenvalue weighted by molar-refractivity contribution is -0.146. The number of carboxylic acid groups (broad SMARTS) is 1. The van der Waals surface area contributed by atoms with Gasteiger partial charge in [-0.1, -0.05) is 30.0 Å². The average molecular weight is 514 g/mol. The first-order chi connectivity index (χ1) is 17.2. The van der Waals surface area contributed by atoms with Gasteiger partial charge in [0.2, 0.25) is 5.76 Å². The number of carbonyl (C=O) groups is 3. The second kappa shape index (κ2) is 9.80. The molecule has 0 saturated heterocycles. The molecular weight excluding hydrogens is 482 g/mol. The summed E-state index contributed by atoms with van der Waals surface area (Å²) in [6, 6.07) is 9.58. The molecule has 10 heteroatoms. The molecule has 4 aliphatic rings. The molecule has 0 radical (unpaired) electrons. The minimum absolute atomic E-state index is 0.0161. The van der Waals surface area contributed by atoms with Crippen LogP contribution in [0.3, 0.4) is 0 Å². The minimum atomic E-state index is -1.45. The lowest BCUT2D eigenvalue weighted by Gasteiger charge is -2.54. The number of carbonyl (C=O) groups excluding carboxylic acids is 2. The van der Waals surface area contributed by atoms with E-state index in [0.29, 0.717) is 16.7 Å². The van der Waals surface area contributed by atoms with Gasteiger partial charge in [-0.05, 0) is 86.9 Å². The van der Waals surface area contributed by atoms with Crippen molar-refractivity contribution in [3.8, 4) is 5.88 Å². The second-order valence-corrected chi connectivity index (χ2v) is 11.8. The van der Waals surface area contributed by atoms with Crippen molar-refractivity contribution >= 4 is 29.5 Å². The molecule has 0 atom stereocenters. The Bertz CT molecular complexity index is 1120. The SMILES string of the molecule is CC(C)(NC(=O)COc1noc(C(=O)NC2C3CC4CC(C3)CC2C4)c1Sc1ccccc1)C(=O)O. The smallest absolute Gasteiger partial charge is 0.328 e. The molecule has 36 heavy (non-hydrogen) atoms. The van der Waals surface area contributed by atoms with Crippen LogP contribution >= 0.6 is 11.8 Å². The van der Waals surface area contributed by atoms with Gasteiger partial charge in [0.1, 0.15) is 10.4 Å². The van der Waals surface area contributed by atoms with Gasteiger partial charge in [-0.25, -0.2) is 4.79 Å². The molecule has 6 rings (SSSR count). The van der Waals surface area contributed by atoms with Crippen LogP contribution in [-0.2, 0) is 9.59 Å². The van der Waals surface area contributed by atoms with E-state index < -0.39 is 24.0 Å². The average Bonchev–Trinajstić information content (AvgIpc) is 3.22. The molecule has 1 heterocycles. The first kappa shape index (κ1) is 24.7. The van der Waals surface area contributed by atoms with Gasteiger partial charge in [0.25, 0.3) is 17.7 Å². The predicted molar refractivity (Wildman–Crippen MR) is 131 cm³/mol. The van der Waals surface area contributed by atoms with Gasteiger partial charge in [-0.3, -0.25) is 9.59 Å². The van der Waals surface area contributed by atoms with Crippen molar-refractivity contribution in [3.05, 3.63) is 36.1 Å². The Balaban J connectivity index is 1.32. The van der Waals surface area contributed by atoms with E-state index in [2.05, 4.69) is 15.8 Å². The van der Waals surface area contributed by atoms with E-state index >= 15 is 0 Å². The number of nitrogens with one attached hydrogen (secondary N) is 2. The fraction of sp³-hybridized carbons (Fsp3) is 0.538. The van der Waals surface area contributed by atoms with Gasteiger partial charge in [0, 0.05) is 10.9 Å². The van der Waals surface area contributed by atoms with E-state index in [9.17, 15) is 19.5 Å². The molecule has 4 fully saturated rings. The Morgan fingerprint density at radius 3 is 2.33 bits per heavy atom. The van der Waals surface area contributed by atoms with Gasteiger partial charge >= 0.3 is 5.97 Å². The first-order valence-corrected chi connectivity index (χ1v) is 13.2. The number of carboxylic acids is 1. The Hall–Kier alpha value is -3.01. The summed E-state index contributed by atoms with van der Waals surface area (Å²) >= 11 is 1.27. The van der Waals surface area contributed by atoms with Crippen LogP contribution in [0.1, 0.15) is 56.5 Å².